The third kappa shape index (κ3) is 4.77. The molecule has 10 nitrogen and oxygen atoms in total. The summed E-state index contributed by atoms with van der Waals surface area (Å²) < 4.78 is 16.5. The molecule has 0 N–H and O–H groups in total. The molecular weight excluding hydrogens is 392 g/mol. The normalized spacial score (nSPS) is 14.9. The van der Waals surface area contributed by atoms with Crippen molar-refractivity contribution in [1.82, 2.24) is 9.78 Å². The van der Waals surface area contributed by atoms with Gasteiger partial charge in [0.1, 0.15) is 6.20 Å². The smallest absolute Gasteiger partial charge is 0.365 e. The Kier molecular flexibility index (Phi) is 7.01. The lowest BCUT2D eigenvalue weighted by Crippen LogP contribution is -2.35. The summed E-state index contributed by atoms with van der Waals surface area (Å²) >= 11 is 0. The van der Waals surface area contributed by atoms with Crippen molar-refractivity contribution < 1.29 is 23.9 Å². The molecule has 0 atom stereocenters. The summed E-state index contributed by atoms with van der Waals surface area (Å²) in [5.41, 5.74) is 0.981. The third-order valence-electron chi connectivity index (χ3n) is 5.42. The van der Waals surface area contributed by atoms with Gasteiger partial charge in [0.25, 0.3) is 0 Å². The van der Waals surface area contributed by atoms with Crippen molar-refractivity contribution in [2.45, 2.75) is 25.6 Å². The summed E-state index contributed by atoms with van der Waals surface area (Å²) in [4.78, 5) is 24.6. The Morgan fingerprint density at radius 2 is 1.77 bits per heavy atom. The minimum absolute atomic E-state index is 0.158. The molecule has 162 valence electrons. The van der Waals surface area contributed by atoms with E-state index in [1.165, 1.54) is 10.9 Å². The van der Waals surface area contributed by atoms with Crippen LogP contribution in [0.2, 0.25) is 0 Å². The second-order valence-electron chi connectivity index (χ2n) is 7.14. The molecule has 1 aromatic heterocycles. The molecule has 3 rings (SSSR count). The van der Waals surface area contributed by atoms with Crippen LogP contribution < -0.4 is 4.90 Å². The first-order valence-corrected chi connectivity index (χ1v) is 9.70. The van der Waals surface area contributed by atoms with Gasteiger partial charge in [-0.2, -0.15) is 5.10 Å². The maximum Gasteiger partial charge on any atom is 0.365 e. The van der Waals surface area contributed by atoms with Crippen molar-refractivity contribution in [3.8, 4) is 5.69 Å². The second kappa shape index (κ2) is 9.68. The summed E-state index contributed by atoms with van der Waals surface area (Å²) in [7, 11) is 4.48. The van der Waals surface area contributed by atoms with E-state index in [1.807, 2.05) is 24.3 Å². The van der Waals surface area contributed by atoms with Crippen LogP contribution in [0.4, 0.5) is 11.4 Å². The Balaban J connectivity index is 1.68. The molecule has 0 unspecified atom stereocenters. The molecule has 1 aromatic carbocycles. The molecule has 1 aliphatic rings. The van der Waals surface area contributed by atoms with Crippen LogP contribution in [-0.2, 0) is 14.2 Å². The predicted molar refractivity (Wildman–Crippen MR) is 109 cm³/mol. The highest BCUT2D eigenvalue weighted by molar-refractivity contribution is 5.91. The van der Waals surface area contributed by atoms with Gasteiger partial charge in [-0.15, -0.1) is 0 Å². The average Bonchev–Trinajstić information content (AvgIpc) is 3.23. The molecule has 1 saturated heterocycles. The van der Waals surface area contributed by atoms with E-state index in [2.05, 4.69) is 14.7 Å². The third-order valence-corrected chi connectivity index (χ3v) is 5.42. The number of ether oxygens (including phenoxy) is 3. The lowest BCUT2D eigenvalue weighted by atomic mass is 9.93. The SMILES string of the molecule is COC(=O)c1nn(-c2ccc(N3CCC(CC(OC)OC)CC3)cc2)cc1[N+](=O)[O-]. The number of hydrogen-bond acceptors (Lipinski definition) is 8. The number of carbonyl (C=O) groups excluding carboxylic acids is 1. The Morgan fingerprint density at radius 1 is 1.17 bits per heavy atom. The zero-order valence-corrected chi connectivity index (χ0v) is 17.3. The zero-order valence-electron chi connectivity index (χ0n) is 17.3. The number of aromatic nitrogens is 2. The Bertz CT molecular complexity index is 870. The quantitative estimate of drug-likeness (QED) is 0.279. The second-order valence-corrected chi connectivity index (χ2v) is 7.14. The van der Waals surface area contributed by atoms with Gasteiger partial charge in [-0.1, -0.05) is 0 Å². The first-order chi connectivity index (χ1) is 14.5. The fourth-order valence-corrected chi connectivity index (χ4v) is 3.68. The molecule has 0 aliphatic carbocycles. The minimum atomic E-state index is -0.843. The molecule has 10 heteroatoms. The lowest BCUT2D eigenvalue weighted by Gasteiger charge is -2.34. The van der Waals surface area contributed by atoms with Gasteiger partial charge in [-0.05, 0) is 43.0 Å². The molecule has 0 radical (unpaired) electrons. The van der Waals surface area contributed by atoms with Crippen molar-refractivity contribution in [2.75, 3.05) is 39.3 Å². The number of anilines is 1. The molecule has 30 heavy (non-hydrogen) atoms. The van der Waals surface area contributed by atoms with Crippen LogP contribution in [0.15, 0.2) is 30.5 Å². The van der Waals surface area contributed by atoms with Crippen LogP contribution in [0, 0.1) is 16.0 Å². The van der Waals surface area contributed by atoms with E-state index >= 15 is 0 Å². The van der Waals surface area contributed by atoms with E-state index in [9.17, 15) is 14.9 Å². The number of benzene rings is 1. The van der Waals surface area contributed by atoms with Crippen molar-refractivity contribution >= 4 is 17.3 Å². The van der Waals surface area contributed by atoms with Gasteiger partial charge in [0.15, 0.2) is 6.29 Å². The number of nitrogens with zero attached hydrogens (tertiary/aromatic N) is 4. The van der Waals surface area contributed by atoms with Crippen LogP contribution in [-0.4, -0.2) is 61.4 Å². The lowest BCUT2D eigenvalue weighted by molar-refractivity contribution is -0.385. The number of methoxy groups -OCH3 is 3. The fourth-order valence-electron chi connectivity index (χ4n) is 3.68. The van der Waals surface area contributed by atoms with Gasteiger partial charge in [0.05, 0.1) is 17.7 Å². The highest BCUT2D eigenvalue weighted by Gasteiger charge is 2.27. The van der Waals surface area contributed by atoms with E-state index in [0.717, 1.165) is 45.1 Å². The highest BCUT2D eigenvalue weighted by atomic mass is 16.7. The average molecular weight is 418 g/mol. The Hall–Kier alpha value is -2.98. The zero-order chi connectivity index (χ0) is 21.7. The number of piperidine rings is 1. The van der Waals surface area contributed by atoms with Crippen LogP contribution in [0.1, 0.15) is 29.8 Å². The summed E-state index contributed by atoms with van der Waals surface area (Å²) in [6, 6.07) is 7.55. The first kappa shape index (κ1) is 21.7. The Morgan fingerprint density at radius 3 is 2.30 bits per heavy atom. The topological polar surface area (TPSA) is 109 Å². The molecule has 1 aliphatic heterocycles. The number of esters is 1. The molecule has 1 fully saturated rings. The summed E-state index contributed by atoms with van der Waals surface area (Å²) in [5, 5.41) is 15.2. The van der Waals surface area contributed by atoms with Gasteiger partial charge in [-0.3, -0.25) is 10.1 Å². The van der Waals surface area contributed by atoms with Crippen molar-refractivity contribution in [2.24, 2.45) is 5.92 Å². The van der Waals surface area contributed by atoms with Crippen molar-refractivity contribution in [3.63, 3.8) is 0 Å². The predicted octanol–water partition coefficient (Wildman–Crippen LogP) is 2.79. The van der Waals surface area contributed by atoms with E-state index in [4.69, 9.17) is 9.47 Å². The molecule has 0 amide bonds. The largest absolute Gasteiger partial charge is 0.464 e. The van der Waals surface area contributed by atoms with Gasteiger partial charge < -0.3 is 19.1 Å². The molecule has 0 bridgehead atoms. The standard InChI is InChI=1S/C20H26N4O6/c1-28-18(29-2)12-14-8-10-22(11-9-14)15-4-6-16(7-5-15)23-13-17(24(26)27)19(21-23)20(25)30-3/h4-7,13-14,18H,8-12H2,1-3H3. The molecule has 0 saturated carbocycles. The van der Waals surface area contributed by atoms with Crippen molar-refractivity contribution in [1.29, 1.82) is 0 Å². The van der Waals surface area contributed by atoms with E-state index < -0.39 is 16.6 Å². The molecular formula is C20H26N4O6. The minimum Gasteiger partial charge on any atom is -0.464 e. The number of hydrogen-bond donors (Lipinski definition) is 0. The van der Waals surface area contributed by atoms with E-state index in [-0.39, 0.29) is 12.0 Å². The Labute approximate surface area is 174 Å². The monoisotopic (exact) mass is 418 g/mol. The van der Waals surface area contributed by atoms with E-state index in [1.54, 1.807) is 14.2 Å². The molecule has 0 spiro atoms. The first-order valence-electron chi connectivity index (χ1n) is 9.70. The maximum atomic E-state index is 11.8. The summed E-state index contributed by atoms with van der Waals surface area (Å²) in [6.07, 6.45) is 4.06. The summed E-state index contributed by atoms with van der Waals surface area (Å²) in [5.74, 6) is -0.282. The van der Waals surface area contributed by atoms with Crippen LogP contribution in [0.3, 0.4) is 0 Å². The van der Waals surface area contributed by atoms with Gasteiger partial charge >= 0.3 is 11.7 Å². The fraction of sp³-hybridized carbons (Fsp3) is 0.500. The molecule has 2 heterocycles. The van der Waals surface area contributed by atoms with E-state index in [0.29, 0.717) is 11.6 Å². The highest BCUT2D eigenvalue weighted by Crippen LogP contribution is 2.28. The summed E-state index contributed by atoms with van der Waals surface area (Å²) in [6.45, 7) is 1.87. The van der Waals surface area contributed by atoms with Crippen LogP contribution in [0.5, 0.6) is 0 Å². The maximum absolute atomic E-state index is 11.8. The molecule has 2 aromatic rings. The van der Waals surface area contributed by atoms with Gasteiger partial charge in [-0.25, -0.2) is 9.48 Å². The van der Waals surface area contributed by atoms with Gasteiger partial charge in [0.2, 0.25) is 5.69 Å². The number of rotatable bonds is 8. The number of carbonyl (C=O) groups is 1. The van der Waals surface area contributed by atoms with Crippen LogP contribution >= 0.6 is 0 Å². The van der Waals surface area contributed by atoms with Crippen LogP contribution in [0.25, 0.3) is 5.69 Å². The van der Waals surface area contributed by atoms with Crippen molar-refractivity contribution in [3.05, 3.63) is 46.3 Å². The van der Waals surface area contributed by atoms with Gasteiger partial charge in [0, 0.05) is 39.4 Å². The number of nitro groups is 1.